The maximum absolute atomic E-state index is 5.90. The molecule has 5 heteroatoms. The number of thioether (sulfide) groups is 1. The Morgan fingerprint density at radius 1 is 0.861 bits per heavy atom. The summed E-state index contributed by atoms with van der Waals surface area (Å²) in [6.45, 7) is 1.18. The highest BCUT2D eigenvalue weighted by Gasteiger charge is 2.40. The Morgan fingerprint density at radius 3 is 2.47 bits per heavy atom. The second kappa shape index (κ2) is 9.07. The van der Waals surface area contributed by atoms with Crippen LogP contribution in [0.15, 0.2) is 106 Å². The molecular formula is C31H26N2O2S. The minimum atomic E-state index is 0.114. The second-order valence-corrected chi connectivity index (χ2v) is 10.2. The number of rotatable bonds is 3. The van der Waals surface area contributed by atoms with Gasteiger partial charge in [0, 0.05) is 11.0 Å². The Hall–Kier alpha value is -3.70. The van der Waals surface area contributed by atoms with Gasteiger partial charge in [0.15, 0.2) is 16.7 Å². The molecule has 3 aromatic carbocycles. The number of fused-ring (bicyclic) bond motifs is 2. The Bertz CT molecular complexity index is 1440. The number of aliphatic imine (C=N–C) groups is 1. The molecule has 0 fully saturated rings. The highest BCUT2D eigenvalue weighted by Crippen LogP contribution is 2.51. The summed E-state index contributed by atoms with van der Waals surface area (Å²) in [5.74, 6) is 1.63. The summed E-state index contributed by atoms with van der Waals surface area (Å²) < 4.78 is 11.7. The average Bonchev–Trinajstić information content (AvgIpc) is 3.36. The Kier molecular flexibility index (Phi) is 5.43. The van der Waals surface area contributed by atoms with Crippen molar-refractivity contribution >= 4 is 28.7 Å². The first-order valence-corrected chi connectivity index (χ1v) is 13.4. The van der Waals surface area contributed by atoms with Crippen LogP contribution in [0, 0.1) is 0 Å². The topological polar surface area (TPSA) is 34.1 Å². The van der Waals surface area contributed by atoms with E-state index in [1.165, 1.54) is 28.0 Å². The first-order valence-electron chi connectivity index (χ1n) is 12.5. The maximum Gasteiger partial charge on any atom is 0.174 e. The van der Waals surface area contributed by atoms with E-state index in [1.807, 2.05) is 6.07 Å². The van der Waals surface area contributed by atoms with Crippen LogP contribution in [0.3, 0.4) is 0 Å². The van der Waals surface area contributed by atoms with Gasteiger partial charge in [0.2, 0.25) is 0 Å². The first kappa shape index (κ1) is 21.6. The molecule has 0 N–H and O–H groups in total. The van der Waals surface area contributed by atoms with E-state index in [-0.39, 0.29) is 6.04 Å². The molecule has 3 heterocycles. The van der Waals surface area contributed by atoms with Crippen molar-refractivity contribution in [3.63, 3.8) is 0 Å². The van der Waals surface area contributed by atoms with Gasteiger partial charge in [-0.25, -0.2) is 4.99 Å². The van der Waals surface area contributed by atoms with Gasteiger partial charge in [-0.2, -0.15) is 0 Å². The zero-order chi connectivity index (χ0) is 23.9. The van der Waals surface area contributed by atoms with Crippen LogP contribution in [0.4, 0.5) is 0 Å². The van der Waals surface area contributed by atoms with Gasteiger partial charge in [0.05, 0.1) is 17.4 Å². The molecule has 1 unspecified atom stereocenters. The first-order chi connectivity index (χ1) is 17.8. The molecule has 0 spiro atoms. The van der Waals surface area contributed by atoms with E-state index >= 15 is 0 Å². The molecule has 0 bridgehead atoms. The standard InChI is InChI=1S/C31H26N2O2S/c1-3-8-21(9-4-1)18-24-12-7-13-25-29(24)32-31-33(30(25)22-10-5-2-6-11-22)26(20-36-31)23-14-15-27-28(19-23)35-17-16-34-27/h1-6,8-11,14-15,18-20,30H,7,12-13,16-17H2. The molecule has 3 aliphatic heterocycles. The zero-order valence-electron chi connectivity index (χ0n) is 19.9. The lowest BCUT2D eigenvalue weighted by molar-refractivity contribution is 0.171. The van der Waals surface area contributed by atoms with Crippen LogP contribution in [-0.4, -0.2) is 23.3 Å². The molecule has 4 aliphatic rings. The molecule has 0 aromatic heterocycles. The van der Waals surface area contributed by atoms with E-state index in [9.17, 15) is 0 Å². The third-order valence-electron chi connectivity index (χ3n) is 7.13. The Labute approximate surface area is 215 Å². The summed E-state index contributed by atoms with van der Waals surface area (Å²) in [6, 6.07) is 27.9. The number of ether oxygens (including phenoxy) is 2. The van der Waals surface area contributed by atoms with Gasteiger partial charge in [0.1, 0.15) is 13.2 Å². The van der Waals surface area contributed by atoms with Crippen molar-refractivity contribution < 1.29 is 9.47 Å². The molecule has 1 aliphatic carbocycles. The third-order valence-corrected chi connectivity index (χ3v) is 7.97. The molecule has 178 valence electrons. The average molecular weight is 491 g/mol. The Morgan fingerprint density at radius 2 is 1.64 bits per heavy atom. The molecule has 3 aromatic rings. The molecule has 36 heavy (non-hydrogen) atoms. The summed E-state index contributed by atoms with van der Waals surface area (Å²) in [5, 5.41) is 3.27. The summed E-state index contributed by atoms with van der Waals surface area (Å²) in [4.78, 5) is 7.72. The van der Waals surface area contributed by atoms with Gasteiger partial charge in [-0.3, -0.25) is 0 Å². The summed E-state index contributed by atoms with van der Waals surface area (Å²) in [7, 11) is 0. The van der Waals surface area contributed by atoms with Crippen LogP contribution in [-0.2, 0) is 0 Å². The van der Waals surface area contributed by atoms with Gasteiger partial charge in [-0.15, -0.1) is 0 Å². The molecule has 0 saturated heterocycles. The third kappa shape index (κ3) is 3.75. The van der Waals surface area contributed by atoms with Crippen LogP contribution < -0.4 is 9.47 Å². The van der Waals surface area contributed by atoms with Crippen molar-refractivity contribution in [3.8, 4) is 11.5 Å². The van der Waals surface area contributed by atoms with Crippen LogP contribution in [0.25, 0.3) is 11.8 Å². The molecule has 7 rings (SSSR count). The lowest BCUT2D eigenvalue weighted by Crippen LogP contribution is -2.34. The van der Waals surface area contributed by atoms with Crippen LogP contribution in [0.5, 0.6) is 11.5 Å². The van der Waals surface area contributed by atoms with E-state index in [2.05, 4.69) is 89.2 Å². The number of allylic oxidation sites excluding steroid dienone is 1. The fourth-order valence-electron chi connectivity index (χ4n) is 5.51. The number of nitrogens with zero attached hydrogens (tertiary/aromatic N) is 2. The predicted octanol–water partition coefficient (Wildman–Crippen LogP) is 7.44. The van der Waals surface area contributed by atoms with E-state index in [4.69, 9.17) is 14.5 Å². The van der Waals surface area contributed by atoms with Crippen molar-refractivity contribution in [2.75, 3.05) is 13.2 Å². The van der Waals surface area contributed by atoms with E-state index in [1.54, 1.807) is 11.8 Å². The van der Waals surface area contributed by atoms with Crippen LogP contribution in [0.2, 0.25) is 0 Å². The second-order valence-electron chi connectivity index (χ2n) is 9.36. The number of hydrogen-bond acceptors (Lipinski definition) is 5. The smallest absolute Gasteiger partial charge is 0.174 e. The summed E-state index contributed by atoms with van der Waals surface area (Å²) in [5.41, 5.74) is 8.73. The van der Waals surface area contributed by atoms with Gasteiger partial charge in [-0.05, 0) is 65.8 Å². The lowest BCUT2D eigenvalue weighted by atomic mass is 9.83. The quantitative estimate of drug-likeness (QED) is 0.382. The number of amidine groups is 1. The molecule has 1 atom stereocenters. The number of benzene rings is 3. The molecule has 0 saturated carbocycles. The normalized spacial score (nSPS) is 21.6. The lowest BCUT2D eigenvalue weighted by Gasteiger charge is -2.40. The molecular weight excluding hydrogens is 464 g/mol. The summed E-state index contributed by atoms with van der Waals surface area (Å²) >= 11 is 1.71. The Balaban J connectivity index is 1.34. The molecule has 4 nitrogen and oxygen atoms in total. The minimum absolute atomic E-state index is 0.114. The van der Waals surface area contributed by atoms with Gasteiger partial charge < -0.3 is 14.4 Å². The fraction of sp³-hybridized carbons (Fsp3) is 0.194. The monoisotopic (exact) mass is 490 g/mol. The van der Waals surface area contributed by atoms with Gasteiger partial charge >= 0.3 is 0 Å². The largest absolute Gasteiger partial charge is 0.486 e. The van der Waals surface area contributed by atoms with Crippen molar-refractivity contribution in [2.24, 2.45) is 4.99 Å². The van der Waals surface area contributed by atoms with Crippen LogP contribution >= 0.6 is 11.8 Å². The van der Waals surface area contributed by atoms with E-state index < -0.39 is 0 Å². The van der Waals surface area contributed by atoms with Gasteiger partial charge in [0.25, 0.3) is 0 Å². The highest BCUT2D eigenvalue weighted by atomic mass is 32.2. The molecule has 0 amide bonds. The number of hydrogen-bond donors (Lipinski definition) is 0. The summed E-state index contributed by atoms with van der Waals surface area (Å²) in [6.07, 6.45) is 5.56. The maximum atomic E-state index is 5.90. The van der Waals surface area contributed by atoms with E-state index in [0.29, 0.717) is 13.2 Å². The van der Waals surface area contributed by atoms with Crippen molar-refractivity contribution in [3.05, 3.63) is 118 Å². The predicted molar refractivity (Wildman–Crippen MR) is 147 cm³/mol. The molecule has 0 radical (unpaired) electrons. The van der Waals surface area contributed by atoms with E-state index in [0.717, 1.165) is 47.2 Å². The van der Waals surface area contributed by atoms with Crippen molar-refractivity contribution in [1.29, 1.82) is 0 Å². The zero-order valence-corrected chi connectivity index (χ0v) is 20.7. The fourth-order valence-corrected chi connectivity index (χ4v) is 6.44. The van der Waals surface area contributed by atoms with Crippen LogP contribution in [0.1, 0.15) is 42.0 Å². The minimum Gasteiger partial charge on any atom is -0.486 e. The van der Waals surface area contributed by atoms with Crippen molar-refractivity contribution in [2.45, 2.75) is 25.3 Å². The highest BCUT2D eigenvalue weighted by molar-refractivity contribution is 8.16. The van der Waals surface area contributed by atoms with Gasteiger partial charge in [-0.1, -0.05) is 72.4 Å². The SMILES string of the molecule is C(=C1CCCC2=C1N=C1SC=C(c3ccc4c(c3)OCCO4)N1C2c1ccccc1)c1ccccc1. The van der Waals surface area contributed by atoms with Crippen molar-refractivity contribution in [1.82, 2.24) is 4.90 Å².